The van der Waals surface area contributed by atoms with Gasteiger partial charge in [-0.25, -0.2) is 9.97 Å². The number of aromatic nitrogens is 2. The molecule has 1 aromatic rings. The topological polar surface area (TPSA) is 94.1 Å². The van der Waals surface area contributed by atoms with Crippen LogP contribution in [0.4, 0.5) is 0 Å². The molecule has 0 bridgehead atoms. The molecule has 1 aromatic heterocycles. The lowest BCUT2D eigenvalue weighted by Crippen LogP contribution is -2.19. The van der Waals surface area contributed by atoms with Crippen LogP contribution >= 0.6 is 0 Å². The van der Waals surface area contributed by atoms with Crippen LogP contribution < -0.4 is 10.5 Å². The summed E-state index contributed by atoms with van der Waals surface area (Å²) in [4.78, 5) is 7.87. The average molecular weight is 210 g/mol. The molecule has 82 valence electrons. The van der Waals surface area contributed by atoms with E-state index in [4.69, 9.17) is 20.6 Å². The molecule has 0 aliphatic rings. The Morgan fingerprint density at radius 3 is 2.73 bits per heavy atom. The molecule has 1 atom stereocenters. The van der Waals surface area contributed by atoms with E-state index in [-0.39, 0.29) is 11.9 Å². The lowest BCUT2D eigenvalue weighted by Gasteiger charge is -2.12. The fourth-order valence-corrected chi connectivity index (χ4v) is 0.991. The molecule has 0 radical (unpaired) electrons. The maximum atomic E-state index is 7.13. The number of nitrogens with two attached hydrogens (primary N) is 1. The predicted octanol–water partition coefficient (Wildman–Crippen LogP) is 0.174. The predicted molar refractivity (Wildman–Crippen MR) is 55.0 cm³/mol. The SMILES string of the molecule is COCC(C)Oc1cnc(C(=N)N)cn1. The third kappa shape index (κ3) is 3.51. The maximum absolute atomic E-state index is 7.13. The fraction of sp³-hybridized carbons (Fsp3) is 0.444. The number of ether oxygens (including phenoxy) is 2. The van der Waals surface area contributed by atoms with Crippen LogP contribution in [0.2, 0.25) is 0 Å². The van der Waals surface area contributed by atoms with Gasteiger partial charge in [0.05, 0.1) is 19.0 Å². The Labute approximate surface area is 87.9 Å². The molecule has 0 aliphatic heterocycles. The van der Waals surface area contributed by atoms with Gasteiger partial charge >= 0.3 is 0 Å². The lowest BCUT2D eigenvalue weighted by molar-refractivity contribution is 0.0887. The Kier molecular flexibility index (Phi) is 3.99. The van der Waals surface area contributed by atoms with E-state index in [1.807, 2.05) is 6.92 Å². The molecule has 6 nitrogen and oxygen atoms in total. The van der Waals surface area contributed by atoms with Gasteiger partial charge in [-0.1, -0.05) is 0 Å². The number of nitrogens with one attached hydrogen (secondary N) is 1. The Morgan fingerprint density at radius 1 is 1.53 bits per heavy atom. The Hall–Kier alpha value is -1.69. The van der Waals surface area contributed by atoms with Gasteiger partial charge in [0.25, 0.3) is 0 Å². The van der Waals surface area contributed by atoms with Crippen molar-refractivity contribution in [2.45, 2.75) is 13.0 Å². The van der Waals surface area contributed by atoms with Crippen molar-refractivity contribution in [3.05, 3.63) is 18.1 Å². The van der Waals surface area contributed by atoms with Gasteiger partial charge in [0.15, 0.2) is 0 Å². The number of hydrogen-bond donors (Lipinski definition) is 2. The minimum atomic E-state index is -0.112. The van der Waals surface area contributed by atoms with Crippen LogP contribution in [0.3, 0.4) is 0 Å². The van der Waals surface area contributed by atoms with Crippen LogP contribution in [0.25, 0.3) is 0 Å². The lowest BCUT2D eigenvalue weighted by atomic mass is 10.4. The highest BCUT2D eigenvalue weighted by Crippen LogP contribution is 2.06. The highest BCUT2D eigenvalue weighted by atomic mass is 16.5. The molecule has 0 saturated carbocycles. The van der Waals surface area contributed by atoms with Crippen molar-refractivity contribution in [1.29, 1.82) is 5.41 Å². The normalized spacial score (nSPS) is 12.1. The summed E-state index contributed by atoms with van der Waals surface area (Å²) in [6.45, 7) is 2.35. The van der Waals surface area contributed by atoms with Crippen LogP contribution in [0.1, 0.15) is 12.6 Å². The van der Waals surface area contributed by atoms with Crippen LogP contribution in [0, 0.1) is 5.41 Å². The highest BCUT2D eigenvalue weighted by Gasteiger charge is 2.05. The average Bonchev–Trinajstić information content (AvgIpc) is 2.18. The molecule has 0 amide bonds. The van der Waals surface area contributed by atoms with Crippen molar-refractivity contribution in [2.24, 2.45) is 5.73 Å². The van der Waals surface area contributed by atoms with E-state index in [9.17, 15) is 0 Å². The molecule has 1 heterocycles. The molecule has 3 N–H and O–H groups in total. The van der Waals surface area contributed by atoms with E-state index < -0.39 is 0 Å². The van der Waals surface area contributed by atoms with Gasteiger partial charge in [-0.3, -0.25) is 5.41 Å². The number of nitrogens with zero attached hydrogens (tertiary/aromatic N) is 2. The molecule has 15 heavy (non-hydrogen) atoms. The molecular weight excluding hydrogens is 196 g/mol. The van der Waals surface area contributed by atoms with Crippen LogP contribution in [0.15, 0.2) is 12.4 Å². The summed E-state index contributed by atoms with van der Waals surface area (Å²) < 4.78 is 10.3. The van der Waals surface area contributed by atoms with Gasteiger partial charge in [-0.2, -0.15) is 0 Å². The van der Waals surface area contributed by atoms with E-state index in [2.05, 4.69) is 9.97 Å². The Bertz CT molecular complexity index is 325. The van der Waals surface area contributed by atoms with E-state index in [0.717, 1.165) is 0 Å². The molecule has 6 heteroatoms. The van der Waals surface area contributed by atoms with E-state index >= 15 is 0 Å². The monoisotopic (exact) mass is 210 g/mol. The second kappa shape index (κ2) is 5.26. The maximum Gasteiger partial charge on any atom is 0.232 e. The third-order valence-electron chi connectivity index (χ3n) is 1.63. The summed E-state index contributed by atoms with van der Waals surface area (Å²) in [5.74, 6) is 0.281. The van der Waals surface area contributed by atoms with Crippen molar-refractivity contribution in [2.75, 3.05) is 13.7 Å². The summed E-state index contributed by atoms with van der Waals surface area (Å²) >= 11 is 0. The second-order valence-electron chi connectivity index (χ2n) is 3.04. The molecule has 0 aromatic carbocycles. The van der Waals surface area contributed by atoms with Gasteiger partial charge < -0.3 is 15.2 Å². The molecular formula is C9H14N4O2. The second-order valence-corrected chi connectivity index (χ2v) is 3.04. The van der Waals surface area contributed by atoms with Gasteiger partial charge in [-0.15, -0.1) is 0 Å². The standard InChI is InChI=1S/C9H14N4O2/c1-6(5-14-2)15-8-4-12-7(3-13-8)9(10)11/h3-4,6H,5H2,1-2H3,(H3,10,11). The third-order valence-corrected chi connectivity index (χ3v) is 1.63. The van der Waals surface area contributed by atoms with Crippen LogP contribution in [0.5, 0.6) is 5.88 Å². The van der Waals surface area contributed by atoms with Gasteiger partial charge in [0.1, 0.15) is 17.6 Å². The smallest absolute Gasteiger partial charge is 0.232 e. The van der Waals surface area contributed by atoms with Crippen LogP contribution in [-0.4, -0.2) is 35.6 Å². The van der Waals surface area contributed by atoms with Crippen molar-refractivity contribution in [1.82, 2.24) is 9.97 Å². The fourth-order valence-electron chi connectivity index (χ4n) is 0.991. The van der Waals surface area contributed by atoms with E-state index in [1.165, 1.54) is 12.4 Å². The minimum absolute atomic E-state index is 0.0903. The first-order valence-electron chi connectivity index (χ1n) is 4.45. The molecule has 0 spiro atoms. The Morgan fingerprint density at radius 2 is 2.27 bits per heavy atom. The molecule has 0 aliphatic carbocycles. The van der Waals surface area contributed by atoms with Crippen molar-refractivity contribution >= 4 is 5.84 Å². The summed E-state index contributed by atoms with van der Waals surface area (Å²) in [5, 5.41) is 7.13. The first kappa shape index (κ1) is 11.4. The van der Waals surface area contributed by atoms with Gasteiger partial charge in [0, 0.05) is 7.11 Å². The summed E-state index contributed by atoms with van der Waals surface area (Å²) in [6.07, 6.45) is 2.74. The summed E-state index contributed by atoms with van der Waals surface area (Å²) in [6, 6.07) is 0. The number of nitrogen functional groups attached to an aromatic ring is 1. The molecule has 0 saturated heterocycles. The molecule has 1 unspecified atom stereocenters. The first-order chi connectivity index (χ1) is 7.13. The van der Waals surface area contributed by atoms with Gasteiger partial charge in [-0.05, 0) is 6.92 Å². The number of hydrogen-bond acceptors (Lipinski definition) is 5. The molecule has 0 fully saturated rings. The number of methoxy groups -OCH3 is 1. The van der Waals surface area contributed by atoms with Gasteiger partial charge in [0.2, 0.25) is 5.88 Å². The zero-order valence-electron chi connectivity index (χ0n) is 8.73. The minimum Gasteiger partial charge on any atom is -0.471 e. The van der Waals surface area contributed by atoms with E-state index in [0.29, 0.717) is 18.2 Å². The first-order valence-corrected chi connectivity index (χ1v) is 4.45. The highest BCUT2D eigenvalue weighted by molar-refractivity contribution is 5.92. The molecule has 1 rings (SSSR count). The Balaban J connectivity index is 2.60. The van der Waals surface area contributed by atoms with Crippen molar-refractivity contribution in [3.8, 4) is 5.88 Å². The summed E-state index contributed by atoms with van der Waals surface area (Å²) in [7, 11) is 1.60. The van der Waals surface area contributed by atoms with Crippen molar-refractivity contribution in [3.63, 3.8) is 0 Å². The quantitative estimate of drug-likeness (QED) is 0.534. The largest absolute Gasteiger partial charge is 0.471 e. The summed E-state index contributed by atoms with van der Waals surface area (Å²) in [5.41, 5.74) is 5.57. The number of rotatable bonds is 5. The zero-order valence-corrected chi connectivity index (χ0v) is 8.73. The van der Waals surface area contributed by atoms with Crippen LogP contribution in [-0.2, 0) is 4.74 Å². The van der Waals surface area contributed by atoms with E-state index in [1.54, 1.807) is 7.11 Å². The zero-order chi connectivity index (χ0) is 11.3. The number of amidine groups is 1. The van der Waals surface area contributed by atoms with Crippen molar-refractivity contribution < 1.29 is 9.47 Å².